The fourth-order valence-electron chi connectivity index (χ4n) is 1.76. The molecule has 0 aromatic heterocycles. The van der Waals surface area contributed by atoms with Gasteiger partial charge >= 0.3 is 0 Å². The van der Waals surface area contributed by atoms with Crippen molar-refractivity contribution in [3.05, 3.63) is 59.7 Å². The van der Waals surface area contributed by atoms with Gasteiger partial charge in [0.15, 0.2) is 0 Å². The molecule has 0 radical (unpaired) electrons. The molecule has 2 aromatic carbocycles. The highest BCUT2D eigenvalue weighted by molar-refractivity contribution is 7.89. The van der Waals surface area contributed by atoms with E-state index in [1.165, 1.54) is 12.1 Å². The first-order chi connectivity index (χ1) is 9.88. The number of aromatic hydroxyl groups is 1. The molecule has 0 saturated carbocycles. The van der Waals surface area contributed by atoms with Gasteiger partial charge in [0.1, 0.15) is 22.3 Å². The molecular formula is C14H13F2NO3S. The van der Waals surface area contributed by atoms with Crippen molar-refractivity contribution in [2.45, 2.75) is 11.3 Å². The van der Waals surface area contributed by atoms with Crippen molar-refractivity contribution in [2.24, 2.45) is 0 Å². The van der Waals surface area contributed by atoms with Crippen LogP contribution >= 0.6 is 0 Å². The van der Waals surface area contributed by atoms with Crippen LogP contribution < -0.4 is 4.72 Å². The van der Waals surface area contributed by atoms with Crippen molar-refractivity contribution >= 4 is 10.0 Å². The molecule has 0 unspecified atom stereocenters. The summed E-state index contributed by atoms with van der Waals surface area (Å²) in [5, 5.41) is 9.13. The SMILES string of the molecule is O=S(=O)(NCCc1ccc(O)cc1)c1ccc(F)cc1F. The third-order valence-corrected chi connectivity index (χ3v) is 4.32. The first-order valence-electron chi connectivity index (χ1n) is 6.11. The Morgan fingerprint density at radius 1 is 1.05 bits per heavy atom. The fraction of sp³-hybridized carbons (Fsp3) is 0.143. The molecule has 0 fully saturated rings. The third kappa shape index (κ3) is 3.99. The predicted octanol–water partition coefficient (Wildman–Crippen LogP) is 2.19. The Morgan fingerprint density at radius 3 is 2.33 bits per heavy atom. The molecule has 0 aliphatic rings. The normalized spacial score (nSPS) is 11.5. The maximum absolute atomic E-state index is 13.5. The minimum Gasteiger partial charge on any atom is -0.508 e. The second-order valence-electron chi connectivity index (χ2n) is 4.39. The van der Waals surface area contributed by atoms with E-state index in [-0.39, 0.29) is 12.3 Å². The lowest BCUT2D eigenvalue weighted by Crippen LogP contribution is -2.26. The van der Waals surface area contributed by atoms with Gasteiger partial charge < -0.3 is 5.11 Å². The van der Waals surface area contributed by atoms with Crippen LogP contribution in [0, 0.1) is 11.6 Å². The van der Waals surface area contributed by atoms with Crippen LogP contribution in [0.2, 0.25) is 0 Å². The second kappa shape index (κ2) is 6.19. The number of phenols is 1. The Kier molecular flexibility index (Phi) is 4.54. The first-order valence-corrected chi connectivity index (χ1v) is 7.59. The summed E-state index contributed by atoms with van der Waals surface area (Å²) in [5.74, 6) is -1.85. The van der Waals surface area contributed by atoms with Crippen LogP contribution in [0.3, 0.4) is 0 Å². The van der Waals surface area contributed by atoms with E-state index in [0.29, 0.717) is 12.5 Å². The Balaban J connectivity index is 2.03. The monoisotopic (exact) mass is 313 g/mol. The van der Waals surface area contributed by atoms with E-state index in [4.69, 9.17) is 5.11 Å². The summed E-state index contributed by atoms with van der Waals surface area (Å²) < 4.78 is 52.3. The van der Waals surface area contributed by atoms with Crippen LogP contribution in [0.5, 0.6) is 5.75 Å². The van der Waals surface area contributed by atoms with E-state index in [2.05, 4.69) is 4.72 Å². The summed E-state index contributed by atoms with van der Waals surface area (Å²) in [7, 11) is -4.03. The number of phenolic OH excluding ortho intramolecular Hbond substituents is 1. The largest absolute Gasteiger partial charge is 0.508 e. The molecular weight excluding hydrogens is 300 g/mol. The zero-order valence-corrected chi connectivity index (χ0v) is 11.7. The number of halogens is 2. The van der Waals surface area contributed by atoms with Crippen LogP contribution in [0.1, 0.15) is 5.56 Å². The second-order valence-corrected chi connectivity index (χ2v) is 6.12. The molecule has 0 aliphatic carbocycles. The Hall–Kier alpha value is -1.99. The number of nitrogens with one attached hydrogen (secondary N) is 1. The van der Waals surface area contributed by atoms with Gasteiger partial charge in [-0.3, -0.25) is 0 Å². The van der Waals surface area contributed by atoms with Crippen molar-refractivity contribution in [2.75, 3.05) is 6.54 Å². The molecule has 2 rings (SSSR count). The smallest absolute Gasteiger partial charge is 0.243 e. The van der Waals surface area contributed by atoms with E-state index >= 15 is 0 Å². The van der Waals surface area contributed by atoms with Crippen molar-refractivity contribution in [3.8, 4) is 5.75 Å². The molecule has 7 heteroatoms. The molecule has 0 heterocycles. The molecule has 0 atom stereocenters. The van der Waals surface area contributed by atoms with E-state index in [1.807, 2.05) is 0 Å². The van der Waals surface area contributed by atoms with E-state index in [9.17, 15) is 17.2 Å². The van der Waals surface area contributed by atoms with E-state index < -0.39 is 26.6 Å². The van der Waals surface area contributed by atoms with Crippen LogP contribution in [0.25, 0.3) is 0 Å². The molecule has 0 aliphatic heterocycles. The molecule has 0 spiro atoms. The summed E-state index contributed by atoms with van der Waals surface area (Å²) >= 11 is 0. The van der Waals surface area contributed by atoms with Crippen LogP contribution in [-0.4, -0.2) is 20.1 Å². The van der Waals surface area contributed by atoms with Gasteiger partial charge in [0.2, 0.25) is 10.0 Å². The summed E-state index contributed by atoms with van der Waals surface area (Å²) in [6, 6.07) is 8.58. The molecule has 2 N–H and O–H groups in total. The number of hydrogen-bond acceptors (Lipinski definition) is 3. The summed E-state index contributed by atoms with van der Waals surface area (Å²) in [4.78, 5) is -0.588. The lowest BCUT2D eigenvalue weighted by molar-refractivity contribution is 0.475. The zero-order valence-electron chi connectivity index (χ0n) is 10.9. The molecule has 112 valence electrons. The number of rotatable bonds is 5. The molecule has 4 nitrogen and oxygen atoms in total. The minimum absolute atomic E-state index is 0.0594. The lowest BCUT2D eigenvalue weighted by Gasteiger charge is -2.08. The van der Waals surface area contributed by atoms with Gasteiger partial charge in [-0.05, 0) is 36.2 Å². The van der Waals surface area contributed by atoms with Gasteiger partial charge in [-0.1, -0.05) is 12.1 Å². The minimum atomic E-state index is -4.03. The van der Waals surface area contributed by atoms with Crippen LogP contribution in [0.4, 0.5) is 8.78 Å². The molecule has 2 aromatic rings. The van der Waals surface area contributed by atoms with Gasteiger partial charge in [0.25, 0.3) is 0 Å². The van der Waals surface area contributed by atoms with Crippen molar-refractivity contribution < 1.29 is 22.3 Å². The van der Waals surface area contributed by atoms with E-state index in [1.54, 1.807) is 12.1 Å². The Morgan fingerprint density at radius 2 is 1.71 bits per heavy atom. The standard InChI is InChI=1S/C14H13F2NO3S/c15-11-3-6-14(13(16)9-11)21(19,20)17-8-7-10-1-4-12(18)5-2-10/h1-6,9,17-18H,7-8H2. The average Bonchev–Trinajstić information content (AvgIpc) is 2.40. The highest BCUT2D eigenvalue weighted by Gasteiger charge is 2.18. The number of benzene rings is 2. The van der Waals surface area contributed by atoms with Crippen LogP contribution in [-0.2, 0) is 16.4 Å². The Labute approximate surface area is 121 Å². The molecule has 0 amide bonds. The van der Waals surface area contributed by atoms with Gasteiger partial charge in [0.05, 0.1) is 0 Å². The van der Waals surface area contributed by atoms with Gasteiger partial charge in [-0.2, -0.15) is 0 Å². The van der Waals surface area contributed by atoms with Crippen molar-refractivity contribution in [3.63, 3.8) is 0 Å². The first kappa shape index (κ1) is 15.4. The summed E-state index contributed by atoms with van der Waals surface area (Å²) in [6.07, 6.45) is 0.377. The maximum atomic E-state index is 13.5. The average molecular weight is 313 g/mol. The molecule has 0 bridgehead atoms. The van der Waals surface area contributed by atoms with E-state index in [0.717, 1.165) is 17.7 Å². The summed E-state index contributed by atoms with van der Waals surface area (Å²) in [5.41, 5.74) is 0.815. The quantitative estimate of drug-likeness (QED) is 0.889. The molecule has 0 saturated heterocycles. The zero-order chi connectivity index (χ0) is 15.5. The fourth-order valence-corrected chi connectivity index (χ4v) is 2.85. The highest BCUT2D eigenvalue weighted by Crippen LogP contribution is 2.15. The third-order valence-electron chi connectivity index (χ3n) is 2.83. The van der Waals surface area contributed by atoms with Gasteiger partial charge in [-0.25, -0.2) is 21.9 Å². The molecule has 21 heavy (non-hydrogen) atoms. The Bertz CT molecular complexity index is 730. The van der Waals surface area contributed by atoms with Crippen molar-refractivity contribution in [1.82, 2.24) is 4.72 Å². The number of sulfonamides is 1. The maximum Gasteiger partial charge on any atom is 0.243 e. The van der Waals surface area contributed by atoms with Gasteiger partial charge in [0, 0.05) is 12.6 Å². The topological polar surface area (TPSA) is 66.4 Å². The predicted molar refractivity (Wildman–Crippen MR) is 73.4 cm³/mol. The van der Waals surface area contributed by atoms with Crippen molar-refractivity contribution in [1.29, 1.82) is 0 Å². The lowest BCUT2D eigenvalue weighted by atomic mass is 10.1. The van der Waals surface area contributed by atoms with Crippen LogP contribution in [0.15, 0.2) is 47.4 Å². The number of hydrogen-bond donors (Lipinski definition) is 2. The summed E-state index contributed by atoms with van der Waals surface area (Å²) in [6.45, 7) is 0.0594. The highest BCUT2D eigenvalue weighted by atomic mass is 32.2. The van der Waals surface area contributed by atoms with Gasteiger partial charge in [-0.15, -0.1) is 0 Å².